The number of anilines is 1. The number of imidazole rings is 1. The van der Waals surface area contributed by atoms with E-state index < -0.39 is 0 Å². The molecule has 0 saturated heterocycles. The number of carbonyl (C=O) groups is 1. The minimum Gasteiger partial charge on any atom is -0.487 e. The summed E-state index contributed by atoms with van der Waals surface area (Å²) in [5.41, 5.74) is 1.91. The lowest BCUT2D eigenvalue weighted by Gasteiger charge is -2.33. The lowest BCUT2D eigenvalue weighted by atomic mass is 10.1. The van der Waals surface area contributed by atoms with E-state index in [-0.39, 0.29) is 12.1 Å². The van der Waals surface area contributed by atoms with Crippen molar-refractivity contribution in [1.82, 2.24) is 9.55 Å². The summed E-state index contributed by atoms with van der Waals surface area (Å²) in [6.07, 6.45) is 4.73. The number of hydrogen-bond donors (Lipinski definition) is 0. The number of nitrogens with zero attached hydrogens (tertiary/aromatic N) is 3. The van der Waals surface area contributed by atoms with Crippen LogP contribution in [-0.2, 0) is 0 Å². The zero-order chi connectivity index (χ0) is 13.4. The van der Waals surface area contributed by atoms with Crippen molar-refractivity contribution in [1.29, 1.82) is 0 Å². The van der Waals surface area contributed by atoms with E-state index in [1.54, 1.807) is 17.3 Å². The topological polar surface area (TPSA) is 47.4 Å². The van der Waals surface area contributed by atoms with Gasteiger partial charge in [-0.25, -0.2) is 9.78 Å². The standard InChI is InChI=1S/C14H15N3O2/c1-10-3-4-13-12(7-10)17(8-11(2)19-13)14(18)16-6-5-15-9-16/h3-7,9,11H,8H2,1-2H3. The number of benzene rings is 1. The van der Waals surface area contributed by atoms with Crippen LogP contribution in [0.4, 0.5) is 10.5 Å². The van der Waals surface area contributed by atoms with Crippen LogP contribution in [0.25, 0.3) is 0 Å². The largest absolute Gasteiger partial charge is 0.487 e. The first-order valence-electron chi connectivity index (χ1n) is 6.22. The third kappa shape index (κ3) is 2.07. The molecule has 1 aromatic heterocycles. The Bertz CT molecular complexity index is 607. The van der Waals surface area contributed by atoms with E-state index >= 15 is 0 Å². The Kier molecular flexibility index (Phi) is 2.74. The molecule has 0 spiro atoms. The smallest absolute Gasteiger partial charge is 0.334 e. The molecule has 0 fully saturated rings. The predicted octanol–water partition coefficient (Wildman–Crippen LogP) is 2.45. The number of aryl methyl sites for hydroxylation is 1. The lowest BCUT2D eigenvalue weighted by molar-refractivity contribution is 0.205. The van der Waals surface area contributed by atoms with Crippen molar-refractivity contribution in [3.63, 3.8) is 0 Å². The van der Waals surface area contributed by atoms with Gasteiger partial charge in [0.25, 0.3) is 0 Å². The van der Waals surface area contributed by atoms with Crippen molar-refractivity contribution in [2.24, 2.45) is 0 Å². The summed E-state index contributed by atoms with van der Waals surface area (Å²) in [6.45, 7) is 4.49. The molecule has 0 bridgehead atoms. The van der Waals surface area contributed by atoms with Gasteiger partial charge in [0.1, 0.15) is 18.2 Å². The molecule has 0 saturated carbocycles. The van der Waals surface area contributed by atoms with Gasteiger partial charge in [0.05, 0.1) is 12.2 Å². The van der Waals surface area contributed by atoms with Crippen molar-refractivity contribution in [3.05, 3.63) is 42.5 Å². The van der Waals surface area contributed by atoms with Crippen LogP contribution in [0, 0.1) is 6.92 Å². The highest BCUT2D eigenvalue weighted by Crippen LogP contribution is 2.34. The van der Waals surface area contributed by atoms with Crippen LogP contribution in [-0.4, -0.2) is 28.2 Å². The van der Waals surface area contributed by atoms with E-state index in [9.17, 15) is 4.79 Å². The zero-order valence-electron chi connectivity index (χ0n) is 10.9. The fourth-order valence-electron chi connectivity index (χ4n) is 2.24. The maximum absolute atomic E-state index is 12.5. The maximum atomic E-state index is 12.5. The maximum Gasteiger partial charge on any atom is 0.334 e. The van der Waals surface area contributed by atoms with Crippen LogP contribution in [0.15, 0.2) is 36.9 Å². The molecule has 19 heavy (non-hydrogen) atoms. The molecule has 1 aliphatic heterocycles. The van der Waals surface area contributed by atoms with E-state index in [4.69, 9.17) is 4.74 Å². The summed E-state index contributed by atoms with van der Waals surface area (Å²) in [7, 11) is 0. The molecule has 2 aromatic rings. The normalized spacial score (nSPS) is 17.8. The van der Waals surface area contributed by atoms with E-state index in [1.165, 1.54) is 10.9 Å². The number of amides is 1. The van der Waals surface area contributed by atoms with Crippen molar-refractivity contribution >= 4 is 11.7 Å². The van der Waals surface area contributed by atoms with E-state index in [0.717, 1.165) is 17.0 Å². The Morgan fingerprint density at radius 1 is 1.47 bits per heavy atom. The third-order valence-corrected chi connectivity index (χ3v) is 3.13. The molecule has 1 aromatic carbocycles. The highest BCUT2D eigenvalue weighted by molar-refractivity contribution is 5.95. The van der Waals surface area contributed by atoms with Gasteiger partial charge in [-0.1, -0.05) is 6.07 Å². The average molecular weight is 257 g/mol. The Morgan fingerprint density at radius 2 is 2.32 bits per heavy atom. The van der Waals surface area contributed by atoms with Gasteiger partial charge in [0, 0.05) is 12.4 Å². The van der Waals surface area contributed by atoms with Gasteiger partial charge in [0.2, 0.25) is 0 Å². The number of carbonyl (C=O) groups excluding carboxylic acids is 1. The van der Waals surface area contributed by atoms with Gasteiger partial charge in [-0.05, 0) is 31.5 Å². The summed E-state index contributed by atoms with van der Waals surface area (Å²) in [6, 6.07) is 5.75. The molecule has 0 N–H and O–H groups in total. The first kappa shape index (κ1) is 11.8. The number of ether oxygens (including phenoxy) is 1. The molecule has 2 heterocycles. The first-order chi connectivity index (χ1) is 9.15. The van der Waals surface area contributed by atoms with E-state index in [0.29, 0.717) is 6.54 Å². The van der Waals surface area contributed by atoms with E-state index in [2.05, 4.69) is 4.98 Å². The van der Waals surface area contributed by atoms with Crippen LogP contribution in [0.1, 0.15) is 12.5 Å². The van der Waals surface area contributed by atoms with Gasteiger partial charge in [-0.3, -0.25) is 9.47 Å². The molecule has 1 unspecified atom stereocenters. The minimum absolute atomic E-state index is 0.0253. The molecule has 5 nitrogen and oxygen atoms in total. The Balaban J connectivity index is 2.03. The fourth-order valence-corrected chi connectivity index (χ4v) is 2.24. The van der Waals surface area contributed by atoms with Gasteiger partial charge in [0.15, 0.2) is 0 Å². The van der Waals surface area contributed by atoms with Crippen molar-refractivity contribution in [2.45, 2.75) is 20.0 Å². The lowest BCUT2D eigenvalue weighted by Crippen LogP contribution is -2.44. The fraction of sp³-hybridized carbons (Fsp3) is 0.286. The SMILES string of the molecule is Cc1ccc2c(c1)N(C(=O)n1ccnc1)CC(C)O2. The van der Waals surface area contributed by atoms with E-state index in [1.807, 2.05) is 32.0 Å². The summed E-state index contributed by atoms with van der Waals surface area (Å²) in [5, 5.41) is 0. The molecule has 0 radical (unpaired) electrons. The highest BCUT2D eigenvalue weighted by Gasteiger charge is 2.28. The predicted molar refractivity (Wildman–Crippen MR) is 71.6 cm³/mol. The van der Waals surface area contributed by atoms with Crippen LogP contribution in [0.5, 0.6) is 5.75 Å². The molecule has 1 atom stereocenters. The molecule has 1 amide bonds. The van der Waals surface area contributed by atoms with Gasteiger partial charge >= 0.3 is 6.03 Å². The van der Waals surface area contributed by atoms with Gasteiger partial charge < -0.3 is 4.74 Å². The Hall–Kier alpha value is -2.30. The number of hydrogen-bond acceptors (Lipinski definition) is 3. The molecule has 1 aliphatic rings. The van der Waals surface area contributed by atoms with Crippen LogP contribution < -0.4 is 9.64 Å². The summed E-state index contributed by atoms with van der Waals surface area (Å²) < 4.78 is 7.24. The van der Waals surface area contributed by atoms with Gasteiger partial charge in [-0.15, -0.1) is 0 Å². The van der Waals surface area contributed by atoms with Crippen molar-refractivity contribution in [2.75, 3.05) is 11.4 Å². The second-order valence-corrected chi connectivity index (χ2v) is 4.76. The Morgan fingerprint density at radius 3 is 3.05 bits per heavy atom. The molecule has 0 aliphatic carbocycles. The summed E-state index contributed by atoms with van der Waals surface area (Å²) in [4.78, 5) is 18.1. The molecule has 3 rings (SSSR count). The summed E-state index contributed by atoms with van der Waals surface area (Å²) in [5.74, 6) is 0.748. The van der Waals surface area contributed by atoms with Crippen LogP contribution in [0.2, 0.25) is 0 Å². The molecule has 5 heteroatoms. The molecular weight excluding hydrogens is 242 g/mol. The quantitative estimate of drug-likeness (QED) is 0.728. The van der Waals surface area contributed by atoms with Crippen LogP contribution in [0.3, 0.4) is 0 Å². The molecular formula is C14H15N3O2. The summed E-state index contributed by atoms with van der Waals surface area (Å²) >= 11 is 0. The Labute approximate surface area is 111 Å². The zero-order valence-corrected chi connectivity index (χ0v) is 10.9. The minimum atomic E-state index is -0.112. The second kappa shape index (κ2) is 4.42. The highest BCUT2D eigenvalue weighted by atomic mass is 16.5. The average Bonchev–Trinajstić information content (AvgIpc) is 2.91. The first-order valence-corrected chi connectivity index (χ1v) is 6.22. The van der Waals surface area contributed by atoms with Gasteiger partial charge in [-0.2, -0.15) is 0 Å². The second-order valence-electron chi connectivity index (χ2n) is 4.76. The monoisotopic (exact) mass is 257 g/mol. The molecule has 98 valence electrons. The van der Waals surface area contributed by atoms with Crippen LogP contribution >= 0.6 is 0 Å². The number of aromatic nitrogens is 2. The number of fused-ring (bicyclic) bond motifs is 1. The third-order valence-electron chi connectivity index (χ3n) is 3.13. The van der Waals surface area contributed by atoms with Crippen molar-refractivity contribution < 1.29 is 9.53 Å². The van der Waals surface area contributed by atoms with Crippen molar-refractivity contribution in [3.8, 4) is 5.75 Å². The number of rotatable bonds is 0.